The summed E-state index contributed by atoms with van der Waals surface area (Å²) in [5.41, 5.74) is 4.18. The molecular formula is C23H24ClN3O2. The second kappa shape index (κ2) is 7.23. The summed E-state index contributed by atoms with van der Waals surface area (Å²) in [6.07, 6.45) is 1.26. The molecule has 1 N–H and O–H groups in total. The first-order chi connectivity index (χ1) is 13.8. The van der Waals surface area contributed by atoms with E-state index in [2.05, 4.69) is 19.2 Å². The summed E-state index contributed by atoms with van der Waals surface area (Å²) >= 11 is 6.27. The number of methoxy groups -OCH3 is 1. The van der Waals surface area contributed by atoms with Crippen molar-refractivity contribution < 1.29 is 9.53 Å². The SMILES string of the molecule is COc1ccc(-n2nc(Nc3ccc(C)c(Cl)c3)c3c2CC(C)(C)CC3=O)cc1. The summed E-state index contributed by atoms with van der Waals surface area (Å²) in [5.74, 6) is 1.45. The van der Waals surface area contributed by atoms with Gasteiger partial charge in [-0.2, -0.15) is 0 Å². The molecule has 0 atom stereocenters. The first kappa shape index (κ1) is 19.5. The lowest BCUT2D eigenvalue weighted by Crippen LogP contribution is -2.28. The van der Waals surface area contributed by atoms with Crippen LogP contribution >= 0.6 is 11.6 Å². The third-order valence-corrected chi connectivity index (χ3v) is 5.70. The van der Waals surface area contributed by atoms with Gasteiger partial charge in [0.1, 0.15) is 5.75 Å². The van der Waals surface area contributed by atoms with Gasteiger partial charge in [-0.05, 0) is 60.7 Å². The predicted molar refractivity (Wildman–Crippen MR) is 116 cm³/mol. The number of Topliss-reactive ketones (excluding diaryl/α,β-unsaturated/α-hetero) is 1. The summed E-state index contributed by atoms with van der Waals surface area (Å²) in [4.78, 5) is 13.0. The Labute approximate surface area is 175 Å². The molecule has 0 spiro atoms. The molecule has 0 unspecified atom stereocenters. The van der Waals surface area contributed by atoms with Gasteiger partial charge < -0.3 is 10.1 Å². The summed E-state index contributed by atoms with van der Waals surface area (Å²) in [7, 11) is 1.64. The molecule has 29 heavy (non-hydrogen) atoms. The van der Waals surface area contributed by atoms with Crippen LogP contribution in [0.15, 0.2) is 42.5 Å². The van der Waals surface area contributed by atoms with E-state index in [-0.39, 0.29) is 11.2 Å². The second-order valence-electron chi connectivity index (χ2n) is 8.31. The van der Waals surface area contributed by atoms with Gasteiger partial charge in [0.2, 0.25) is 0 Å². The molecule has 2 aromatic carbocycles. The van der Waals surface area contributed by atoms with Crippen molar-refractivity contribution >= 4 is 28.9 Å². The van der Waals surface area contributed by atoms with Crippen LogP contribution in [0, 0.1) is 12.3 Å². The van der Waals surface area contributed by atoms with Crippen molar-refractivity contribution in [3.8, 4) is 11.4 Å². The van der Waals surface area contributed by atoms with Gasteiger partial charge in [0, 0.05) is 17.1 Å². The van der Waals surface area contributed by atoms with Gasteiger partial charge in [-0.25, -0.2) is 4.68 Å². The molecule has 1 aliphatic carbocycles. The Hall–Kier alpha value is -2.79. The number of nitrogens with zero attached hydrogens (tertiary/aromatic N) is 2. The summed E-state index contributed by atoms with van der Waals surface area (Å²) < 4.78 is 7.13. The number of ketones is 1. The summed E-state index contributed by atoms with van der Waals surface area (Å²) in [5, 5.41) is 8.76. The van der Waals surface area contributed by atoms with Crippen LogP contribution in [0.4, 0.5) is 11.5 Å². The van der Waals surface area contributed by atoms with Gasteiger partial charge >= 0.3 is 0 Å². The smallest absolute Gasteiger partial charge is 0.169 e. The maximum Gasteiger partial charge on any atom is 0.169 e. The maximum atomic E-state index is 13.0. The Kier molecular flexibility index (Phi) is 4.87. The highest BCUT2D eigenvalue weighted by molar-refractivity contribution is 6.31. The summed E-state index contributed by atoms with van der Waals surface area (Å²) in [6, 6.07) is 13.4. The first-order valence-electron chi connectivity index (χ1n) is 9.60. The van der Waals surface area contributed by atoms with E-state index in [1.54, 1.807) is 7.11 Å². The van der Waals surface area contributed by atoms with Crippen molar-refractivity contribution in [1.82, 2.24) is 9.78 Å². The Bertz CT molecular complexity index is 1080. The van der Waals surface area contributed by atoms with Crippen molar-refractivity contribution in [2.75, 3.05) is 12.4 Å². The van der Waals surface area contributed by atoms with Crippen LogP contribution in [0.1, 0.15) is 41.9 Å². The number of nitrogens with one attached hydrogen (secondary N) is 1. The van der Waals surface area contributed by atoms with Gasteiger partial charge in [-0.15, -0.1) is 5.10 Å². The van der Waals surface area contributed by atoms with Crippen LogP contribution < -0.4 is 10.1 Å². The van der Waals surface area contributed by atoms with Crippen molar-refractivity contribution in [3.63, 3.8) is 0 Å². The molecule has 0 saturated carbocycles. The van der Waals surface area contributed by atoms with Crippen LogP contribution in [-0.4, -0.2) is 22.7 Å². The maximum absolute atomic E-state index is 13.0. The molecule has 150 valence electrons. The average Bonchev–Trinajstić information content (AvgIpc) is 3.02. The first-order valence-corrected chi connectivity index (χ1v) is 9.98. The molecule has 4 rings (SSSR count). The zero-order chi connectivity index (χ0) is 20.8. The third-order valence-electron chi connectivity index (χ3n) is 5.30. The minimum absolute atomic E-state index is 0.108. The number of hydrogen-bond donors (Lipinski definition) is 1. The molecule has 3 aromatic rings. The molecular weight excluding hydrogens is 386 g/mol. The van der Waals surface area contributed by atoms with Gasteiger partial charge in [-0.3, -0.25) is 4.79 Å². The van der Waals surface area contributed by atoms with Crippen molar-refractivity contribution in [2.24, 2.45) is 5.41 Å². The topological polar surface area (TPSA) is 56.1 Å². The van der Waals surface area contributed by atoms with Crippen LogP contribution in [0.25, 0.3) is 5.69 Å². The molecule has 0 radical (unpaired) electrons. The highest BCUT2D eigenvalue weighted by atomic mass is 35.5. The third kappa shape index (κ3) is 3.75. The molecule has 1 aromatic heterocycles. The monoisotopic (exact) mass is 409 g/mol. The summed E-state index contributed by atoms with van der Waals surface area (Å²) in [6.45, 7) is 6.19. The van der Waals surface area contributed by atoms with E-state index in [0.29, 0.717) is 22.8 Å². The standard InChI is InChI=1S/C23H24ClN3O2/c1-14-5-6-15(11-18(14)24)25-22-21-19(12-23(2,3)13-20(21)28)27(26-22)16-7-9-17(29-4)10-8-16/h5-11H,12-13H2,1-4H3,(H,25,26). The number of carbonyl (C=O) groups is 1. The van der Waals surface area contributed by atoms with Crippen LogP contribution in [0.2, 0.25) is 5.02 Å². The Morgan fingerprint density at radius 1 is 1.14 bits per heavy atom. The number of carbonyl (C=O) groups excluding carboxylic acids is 1. The number of aromatic nitrogens is 2. The fraction of sp³-hybridized carbons (Fsp3) is 0.304. The number of anilines is 2. The minimum atomic E-state index is -0.112. The molecule has 1 heterocycles. The van der Waals surface area contributed by atoms with E-state index in [0.717, 1.165) is 34.8 Å². The van der Waals surface area contributed by atoms with Crippen molar-refractivity contribution in [2.45, 2.75) is 33.6 Å². The van der Waals surface area contributed by atoms with Crippen molar-refractivity contribution in [1.29, 1.82) is 0 Å². The number of aryl methyl sites for hydroxylation is 1. The lowest BCUT2D eigenvalue weighted by atomic mass is 9.76. The minimum Gasteiger partial charge on any atom is -0.497 e. The van der Waals surface area contributed by atoms with E-state index in [9.17, 15) is 4.79 Å². The molecule has 6 heteroatoms. The van der Waals surface area contributed by atoms with Crippen LogP contribution in [0.5, 0.6) is 5.75 Å². The zero-order valence-corrected chi connectivity index (χ0v) is 17.8. The second-order valence-corrected chi connectivity index (χ2v) is 8.72. The van der Waals surface area contributed by atoms with E-state index in [1.165, 1.54) is 0 Å². The zero-order valence-electron chi connectivity index (χ0n) is 17.0. The number of ether oxygens (including phenoxy) is 1. The molecule has 0 bridgehead atoms. The molecule has 5 nitrogen and oxygen atoms in total. The quantitative estimate of drug-likeness (QED) is 0.596. The van der Waals surface area contributed by atoms with Gasteiger partial charge in [0.05, 0.1) is 24.1 Å². The van der Waals surface area contributed by atoms with Crippen molar-refractivity contribution in [3.05, 3.63) is 64.3 Å². The van der Waals surface area contributed by atoms with Gasteiger partial charge in [0.25, 0.3) is 0 Å². The van der Waals surface area contributed by atoms with Crippen LogP contribution in [0.3, 0.4) is 0 Å². The van der Waals surface area contributed by atoms with Crippen LogP contribution in [-0.2, 0) is 6.42 Å². The molecule has 0 fully saturated rings. The number of fused-ring (bicyclic) bond motifs is 1. The molecule has 0 amide bonds. The van der Waals surface area contributed by atoms with E-state index in [1.807, 2.05) is 54.1 Å². The normalized spacial score (nSPS) is 15.1. The molecule has 0 saturated heterocycles. The number of benzene rings is 2. The fourth-order valence-corrected chi connectivity index (χ4v) is 3.96. The predicted octanol–water partition coefficient (Wildman–Crippen LogP) is 5.74. The van der Waals surface area contributed by atoms with E-state index >= 15 is 0 Å². The van der Waals surface area contributed by atoms with Gasteiger partial charge in [0.15, 0.2) is 11.6 Å². The number of rotatable bonds is 4. The van der Waals surface area contributed by atoms with Gasteiger partial charge in [-0.1, -0.05) is 31.5 Å². The number of hydrogen-bond acceptors (Lipinski definition) is 4. The average molecular weight is 410 g/mol. The lowest BCUT2D eigenvalue weighted by molar-refractivity contribution is 0.0912. The lowest BCUT2D eigenvalue weighted by Gasteiger charge is -2.29. The Morgan fingerprint density at radius 3 is 2.52 bits per heavy atom. The van der Waals surface area contributed by atoms with E-state index in [4.69, 9.17) is 21.4 Å². The highest BCUT2D eigenvalue weighted by Crippen LogP contribution is 2.39. The Morgan fingerprint density at radius 2 is 1.86 bits per heavy atom. The fourth-order valence-electron chi connectivity index (χ4n) is 3.78. The Balaban J connectivity index is 1.82. The molecule has 1 aliphatic rings. The molecule has 0 aliphatic heterocycles. The highest BCUT2D eigenvalue weighted by Gasteiger charge is 2.37. The number of halogens is 1. The van der Waals surface area contributed by atoms with E-state index < -0.39 is 0 Å². The largest absolute Gasteiger partial charge is 0.497 e.